The van der Waals surface area contributed by atoms with Gasteiger partial charge in [0.1, 0.15) is 5.82 Å². The minimum Gasteiger partial charge on any atom is -0.461 e. The van der Waals surface area contributed by atoms with E-state index in [0.29, 0.717) is 17.4 Å². The SMILES string of the molecule is CC(CC(=O)NCc1nc(-c2ccco2)n[nH]1)NC(=O)C1CCCC1. The Morgan fingerprint density at radius 2 is 2.20 bits per heavy atom. The first-order chi connectivity index (χ1) is 12.1. The molecule has 0 aliphatic heterocycles. The number of nitrogens with zero attached hydrogens (tertiary/aromatic N) is 2. The Morgan fingerprint density at radius 3 is 2.92 bits per heavy atom. The zero-order valence-corrected chi connectivity index (χ0v) is 14.2. The lowest BCUT2D eigenvalue weighted by Crippen LogP contribution is -2.39. The van der Waals surface area contributed by atoms with Gasteiger partial charge in [-0.3, -0.25) is 14.7 Å². The number of amides is 2. The van der Waals surface area contributed by atoms with Crippen LogP contribution in [0.5, 0.6) is 0 Å². The molecule has 1 unspecified atom stereocenters. The number of hydrogen-bond donors (Lipinski definition) is 3. The van der Waals surface area contributed by atoms with Gasteiger partial charge in [-0.2, -0.15) is 0 Å². The van der Waals surface area contributed by atoms with Crippen molar-refractivity contribution < 1.29 is 14.0 Å². The van der Waals surface area contributed by atoms with Gasteiger partial charge in [-0.1, -0.05) is 12.8 Å². The summed E-state index contributed by atoms with van der Waals surface area (Å²) in [5.41, 5.74) is 0. The van der Waals surface area contributed by atoms with Gasteiger partial charge in [-0.05, 0) is 31.9 Å². The van der Waals surface area contributed by atoms with Crippen LogP contribution in [0.15, 0.2) is 22.8 Å². The number of carbonyl (C=O) groups excluding carboxylic acids is 2. The quantitative estimate of drug-likeness (QED) is 0.708. The van der Waals surface area contributed by atoms with Gasteiger partial charge in [0.15, 0.2) is 5.76 Å². The van der Waals surface area contributed by atoms with Crippen molar-refractivity contribution in [1.82, 2.24) is 25.8 Å². The Bertz CT molecular complexity index is 704. The van der Waals surface area contributed by atoms with Crippen molar-refractivity contribution in [3.8, 4) is 11.6 Å². The van der Waals surface area contributed by atoms with Crippen LogP contribution in [0.1, 0.15) is 44.9 Å². The van der Waals surface area contributed by atoms with Crippen LogP contribution in [0, 0.1) is 5.92 Å². The zero-order chi connectivity index (χ0) is 17.6. The molecule has 2 aromatic heterocycles. The number of nitrogens with one attached hydrogen (secondary N) is 3. The van der Waals surface area contributed by atoms with Crippen LogP contribution < -0.4 is 10.6 Å². The van der Waals surface area contributed by atoms with E-state index in [2.05, 4.69) is 25.8 Å². The van der Waals surface area contributed by atoms with Crippen molar-refractivity contribution in [3.63, 3.8) is 0 Å². The molecule has 1 saturated carbocycles. The van der Waals surface area contributed by atoms with Crippen molar-refractivity contribution in [2.75, 3.05) is 0 Å². The maximum Gasteiger partial charge on any atom is 0.223 e. The standard InChI is InChI=1S/C17H23N5O3/c1-11(19-17(24)12-5-2-3-6-12)9-15(23)18-10-14-20-16(22-21-14)13-7-4-8-25-13/h4,7-8,11-12H,2-3,5-6,9-10H2,1H3,(H,18,23)(H,19,24)(H,20,21,22). The molecule has 2 amide bonds. The maximum atomic E-state index is 12.1. The molecule has 1 atom stereocenters. The molecular weight excluding hydrogens is 322 g/mol. The number of aromatic amines is 1. The Morgan fingerprint density at radius 1 is 1.40 bits per heavy atom. The summed E-state index contributed by atoms with van der Waals surface area (Å²) >= 11 is 0. The second kappa shape index (κ2) is 7.96. The molecule has 3 rings (SSSR count). The van der Waals surface area contributed by atoms with Gasteiger partial charge in [0.25, 0.3) is 0 Å². The highest BCUT2D eigenvalue weighted by Crippen LogP contribution is 2.24. The predicted molar refractivity (Wildman–Crippen MR) is 90.1 cm³/mol. The van der Waals surface area contributed by atoms with Crippen LogP contribution in [0.3, 0.4) is 0 Å². The molecule has 1 fully saturated rings. The van der Waals surface area contributed by atoms with Crippen molar-refractivity contribution in [2.24, 2.45) is 5.92 Å². The molecule has 1 aliphatic carbocycles. The second-order valence-corrected chi connectivity index (χ2v) is 6.45. The number of H-pyrrole nitrogens is 1. The summed E-state index contributed by atoms with van der Waals surface area (Å²) in [7, 11) is 0. The van der Waals surface area contributed by atoms with Crippen LogP contribution in [0.25, 0.3) is 11.6 Å². The topological polar surface area (TPSA) is 113 Å². The van der Waals surface area contributed by atoms with Crippen LogP contribution in [-0.2, 0) is 16.1 Å². The van der Waals surface area contributed by atoms with Crippen LogP contribution in [0.2, 0.25) is 0 Å². The molecule has 25 heavy (non-hydrogen) atoms. The molecule has 3 N–H and O–H groups in total. The molecule has 0 spiro atoms. The van der Waals surface area contributed by atoms with E-state index in [1.807, 2.05) is 6.92 Å². The van der Waals surface area contributed by atoms with E-state index in [4.69, 9.17) is 4.42 Å². The molecule has 0 aromatic carbocycles. The lowest BCUT2D eigenvalue weighted by Gasteiger charge is -2.16. The van der Waals surface area contributed by atoms with Crippen molar-refractivity contribution >= 4 is 11.8 Å². The van der Waals surface area contributed by atoms with E-state index in [1.165, 1.54) is 0 Å². The molecule has 134 valence electrons. The minimum atomic E-state index is -0.193. The molecule has 0 radical (unpaired) electrons. The van der Waals surface area contributed by atoms with Crippen molar-refractivity contribution in [1.29, 1.82) is 0 Å². The highest BCUT2D eigenvalue weighted by molar-refractivity contribution is 5.81. The molecule has 8 nitrogen and oxygen atoms in total. The van der Waals surface area contributed by atoms with Crippen LogP contribution in [-0.4, -0.2) is 33.0 Å². The Kier molecular flexibility index (Phi) is 5.47. The van der Waals surface area contributed by atoms with Gasteiger partial charge in [-0.25, -0.2) is 4.98 Å². The first-order valence-corrected chi connectivity index (χ1v) is 8.64. The smallest absolute Gasteiger partial charge is 0.223 e. The molecule has 8 heteroatoms. The zero-order valence-electron chi connectivity index (χ0n) is 14.2. The fraction of sp³-hybridized carbons (Fsp3) is 0.529. The fourth-order valence-electron chi connectivity index (χ4n) is 3.02. The van der Waals surface area contributed by atoms with Crippen molar-refractivity contribution in [3.05, 3.63) is 24.2 Å². The summed E-state index contributed by atoms with van der Waals surface area (Å²) in [6.07, 6.45) is 5.92. The minimum absolute atomic E-state index is 0.0659. The summed E-state index contributed by atoms with van der Waals surface area (Å²) in [6, 6.07) is 3.33. The summed E-state index contributed by atoms with van der Waals surface area (Å²) in [4.78, 5) is 28.3. The van der Waals surface area contributed by atoms with Gasteiger partial charge in [0, 0.05) is 18.4 Å². The largest absolute Gasteiger partial charge is 0.461 e. The average molecular weight is 345 g/mol. The molecule has 1 aliphatic rings. The number of hydrogen-bond acceptors (Lipinski definition) is 5. The van der Waals surface area contributed by atoms with E-state index < -0.39 is 0 Å². The summed E-state index contributed by atoms with van der Waals surface area (Å²) < 4.78 is 5.22. The average Bonchev–Trinajstić information content (AvgIpc) is 3.34. The van der Waals surface area contributed by atoms with E-state index in [1.54, 1.807) is 18.4 Å². The monoisotopic (exact) mass is 345 g/mol. The first kappa shape index (κ1) is 17.2. The van der Waals surface area contributed by atoms with Gasteiger partial charge in [0.2, 0.25) is 17.6 Å². The van der Waals surface area contributed by atoms with Gasteiger partial charge >= 0.3 is 0 Å². The third kappa shape index (κ3) is 4.68. The molecule has 0 bridgehead atoms. The second-order valence-electron chi connectivity index (χ2n) is 6.45. The van der Waals surface area contributed by atoms with Gasteiger partial charge < -0.3 is 15.1 Å². The van der Waals surface area contributed by atoms with E-state index in [-0.39, 0.29) is 36.7 Å². The Balaban J connectivity index is 1.41. The Labute approximate surface area is 145 Å². The number of rotatable bonds is 7. The summed E-state index contributed by atoms with van der Waals surface area (Å²) in [6.45, 7) is 2.09. The highest BCUT2D eigenvalue weighted by atomic mass is 16.3. The Hall–Kier alpha value is -2.64. The lowest BCUT2D eigenvalue weighted by molar-refractivity contribution is -0.126. The van der Waals surface area contributed by atoms with Crippen molar-refractivity contribution in [2.45, 2.75) is 51.6 Å². The molecular formula is C17H23N5O3. The predicted octanol–water partition coefficient (Wildman–Crippen LogP) is 1.77. The molecule has 2 aromatic rings. The van der Waals surface area contributed by atoms with Crippen LogP contribution in [0.4, 0.5) is 0 Å². The first-order valence-electron chi connectivity index (χ1n) is 8.64. The van der Waals surface area contributed by atoms with E-state index >= 15 is 0 Å². The fourth-order valence-corrected chi connectivity index (χ4v) is 3.02. The molecule has 0 saturated heterocycles. The molecule has 2 heterocycles. The number of carbonyl (C=O) groups is 2. The maximum absolute atomic E-state index is 12.1. The lowest BCUT2D eigenvalue weighted by atomic mass is 10.1. The van der Waals surface area contributed by atoms with Gasteiger partial charge in [-0.15, -0.1) is 5.10 Å². The number of furan rings is 1. The number of aromatic nitrogens is 3. The summed E-state index contributed by atoms with van der Waals surface area (Å²) in [5.74, 6) is 1.59. The third-order valence-corrected chi connectivity index (χ3v) is 4.33. The van der Waals surface area contributed by atoms with Crippen LogP contribution >= 0.6 is 0 Å². The van der Waals surface area contributed by atoms with E-state index in [0.717, 1.165) is 25.7 Å². The highest BCUT2D eigenvalue weighted by Gasteiger charge is 2.24. The third-order valence-electron chi connectivity index (χ3n) is 4.33. The summed E-state index contributed by atoms with van der Waals surface area (Å²) in [5, 5.41) is 12.5. The van der Waals surface area contributed by atoms with Gasteiger partial charge in [0.05, 0.1) is 12.8 Å². The normalized spacial score (nSPS) is 15.9. The van der Waals surface area contributed by atoms with E-state index in [9.17, 15) is 9.59 Å².